The summed E-state index contributed by atoms with van der Waals surface area (Å²) in [4.78, 5) is 32.6. The van der Waals surface area contributed by atoms with Crippen LogP contribution in [0.2, 0.25) is 0 Å². The van der Waals surface area contributed by atoms with E-state index in [2.05, 4.69) is 4.74 Å². The predicted molar refractivity (Wildman–Crippen MR) is 47.7 cm³/mol. The fourth-order valence-electron chi connectivity index (χ4n) is 1.02. The second kappa shape index (κ2) is 6.12. The van der Waals surface area contributed by atoms with Gasteiger partial charge in [0.2, 0.25) is 0 Å². The van der Waals surface area contributed by atoms with E-state index in [9.17, 15) is 14.4 Å². The van der Waals surface area contributed by atoms with Crippen LogP contribution >= 0.6 is 0 Å². The molecule has 14 heavy (non-hydrogen) atoms. The van der Waals surface area contributed by atoms with E-state index < -0.39 is 17.9 Å². The van der Waals surface area contributed by atoms with Crippen LogP contribution in [0.5, 0.6) is 0 Å². The molecule has 1 unspecified atom stereocenters. The number of carboxylic acid groups (broad SMARTS) is 1. The van der Waals surface area contributed by atoms with Crippen molar-refractivity contribution in [1.82, 2.24) is 0 Å². The van der Waals surface area contributed by atoms with Crippen LogP contribution in [0.25, 0.3) is 0 Å². The third-order valence-corrected chi connectivity index (χ3v) is 1.74. The molecule has 0 saturated carbocycles. The summed E-state index contributed by atoms with van der Waals surface area (Å²) >= 11 is 0. The highest BCUT2D eigenvalue weighted by atomic mass is 16.5. The summed E-state index contributed by atoms with van der Waals surface area (Å²) in [7, 11) is 1.10. The van der Waals surface area contributed by atoms with Gasteiger partial charge in [0.1, 0.15) is 5.78 Å². The number of hydrogen-bond acceptors (Lipinski definition) is 4. The Hall–Kier alpha value is -1.39. The summed E-state index contributed by atoms with van der Waals surface area (Å²) in [6.45, 7) is 1.81. The molecule has 0 spiro atoms. The van der Waals surface area contributed by atoms with E-state index >= 15 is 0 Å². The molecule has 0 radical (unpaired) electrons. The van der Waals surface area contributed by atoms with Crippen LogP contribution in [-0.4, -0.2) is 29.9 Å². The molecule has 5 heteroatoms. The molecule has 0 aromatic heterocycles. The molecule has 0 aromatic rings. The summed E-state index contributed by atoms with van der Waals surface area (Å²) in [5, 5.41) is 8.64. The van der Waals surface area contributed by atoms with Crippen molar-refractivity contribution in [3.05, 3.63) is 0 Å². The van der Waals surface area contributed by atoms with Crippen molar-refractivity contribution < 1.29 is 24.2 Å². The highest BCUT2D eigenvalue weighted by molar-refractivity contribution is 5.98. The second-order valence-corrected chi connectivity index (χ2v) is 2.91. The maximum atomic E-state index is 11.1. The Morgan fingerprint density at radius 3 is 2.29 bits per heavy atom. The molecule has 5 nitrogen and oxygen atoms in total. The Morgan fingerprint density at radius 1 is 1.36 bits per heavy atom. The number of methoxy groups -OCH3 is 1. The first-order valence-electron chi connectivity index (χ1n) is 4.35. The van der Waals surface area contributed by atoms with Crippen molar-refractivity contribution in [1.29, 1.82) is 0 Å². The van der Waals surface area contributed by atoms with E-state index in [-0.39, 0.29) is 12.2 Å². The zero-order valence-electron chi connectivity index (χ0n) is 8.28. The Kier molecular flexibility index (Phi) is 5.52. The maximum Gasteiger partial charge on any atom is 0.320 e. The topological polar surface area (TPSA) is 80.7 Å². The van der Waals surface area contributed by atoms with Crippen LogP contribution in [-0.2, 0) is 19.1 Å². The lowest BCUT2D eigenvalue weighted by Crippen LogP contribution is -2.27. The summed E-state index contributed by atoms with van der Waals surface area (Å²) in [6.07, 6.45) is 0.656. The van der Waals surface area contributed by atoms with Crippen LogP contribution in [0.15, 0.2) is 0 Å². The highest BCUT2D eigenvalue weighted by Crippen LogP contribution is 2.09. The fourth-order valence-corrected chi connectivity index (χ4v) is 1.02. The number of carboxylic acids is 1. The first-order chi connectivity index (χ1) is 6.52. The van der Waals surface area contributed by atoms with Gasteiger partial charge < -0.3 is 9.84 Å². The van der Waals surface area contributed by atoms with Crippen LogP contribution in [0.4, 0.5) is 0 Å². The normalized spacial score (nSPS) is 11.9. The largest absolute Gasteiger partial charge is 0.481 e. The molecule has 0 heterocycles. The zero-order chi connectivity index (χ0) is 11.1. The number of ether oxygens (including phenoxy) is 1. The van der Waals surface area contributed by atoms with Gasteiger partial charge in [0.05, 0.1) is 7.11 Å². The average molecular weight is 202 g/mol. The molecule has 0 fully saturated rings. The minimum atomic E-state index is -1.36. The number of aliphatic carboxylic acids is 1. The van der Waals surface area contributed by atoms with Crippen LogP contribution in [0, 0.1) is 5.92 Å². The lowest BCUT2D eigenvalue weighted by atomic mass is 10.0. The van der Waals surface area contributed by atoms with Gasteiger partial charge in [-0.1, -0.05) is 6.92 Å². The first-order valence-corrected chi connectivity index (χ1v) is 4.35. The molecule has 1 atom stereocenters. The number of rotatable bonds is 6. The molecule has 0 saturated heterocycles. The number of ketones is 1. The Balaban J connectivity index is 4.31. The van der Waals surface area contributed by atoms with E-state index in [4.69, 9.17) is 5.11 Å². The van der Waals surface area contributed by atoms with Gasteiger partial charge in [-0.25, -0.2) is 0 Å². The van der Waals surface area contributed by atoms with Gasteiger partial charge in [-0.2, -0.15) is 0 Å². The van der Waals surface area contributed by atoms with E-state index in [1.54, 1.807) is 0 Å². The first kappa shape index (κ1) is 12.6. The summed E-state index contributed by atoms with van der Waals surface area (Å²) in [5.74, 6) is -3.78. The fraction of sp³-hybridized carbons (Fsp3) is 0.667. The Bertz CT molecular complexity index is 233. The quantitative estimate of drug-likeness (QED) is 0.504. The molecular formula is C9H14O5. The number of esters is 1. The van der Waals surface area contributed by atoms with Gasteiger partial charge in [0.25, 0.3) is 0 Å². The van der Waals surface area contributed by atoms with Crippen molar-refractivity contribution in [3.8, 4) is 0 Å². The third-order valence-electron chi connectivity index (χ3n) is 1.74. The van der Waals surface area contributed by atoms with Crippen molar-refractivity contribution in [2.24, 2.45) is 5.92 Å². The molecule has 0 rings (SSSR count). The van der Waals surface area contributed by atoms with Gasteiger partial charge in [0.15, 0.2) is 5.92 Å². The summed E-state index contributed by atoms with van der Waals surface area (Å²) in [5.41, 5.74) is 0. The molecule has 0 amide bonds. The SMILES string of the molecule is CCCC(=O)CC(C(=O)O)C(=O)OC. The zero-order valence-corrected chi connectivity index (χ0v) is 8.28. The molecule has 80 valence electrons. The van der Waals surface area contributed by atoms with Gasteiger partial charge >= 0.3 is 11.9 Å². The number of carbonyl (C=O) groups excluding carboxylic acids is 2. The van der Waals surface area contributed by atoms with Crippen LogP contribution in [0.1, 0.15) is 26.2 Å². The molecular weight excluding hydrogens is 188 g/mol. The van der Waals surface area contributed by atoms with Gasteiger partial charge in [-0.3, -0.25) is 14.4 Å². The number of hydrogen-bond donors (Lipinski definition) is 1. The average Bonchev–Trinajstić information content (AvgIpc) is 2.13. The molecule has 0 aliphatic carbocycles. The standard InChI is InChI=1S/C9H14O5/c1-3-4-6(10)5-7(8(11)12)9(13)14-2/h7H,3-5H2,1-2H3,(H,11,12). The molecule has 1 N–H and O–H groups in total. The van der Waals surface area contributed by atoms with E-state index in [1.807, 2.05) is 6.92 Å². The smallest absolute Gasteiger partial charge is 0.320 e. The monoisotopic (exact) mass is 202 g/mol. The molecule has 0 aliphatic heterocycles. The summed E-state index contributed by atoms with van der Waals surface area (Å²) < 4.78 is 4.28. The predicted octanol–water partition coefficient (Wildman–Crippen LogP) is 0.619. The van der Waals surface area contributed by atoms with Crippen molar-refractivity contribution in [3.63, 3.8) is 0 Å². The van der Waals surface area contributed by atoms with Gasteiger partial charge in [0, 0.05) is 12.8 Å². The van der Waals surface area contributed by atoms with E-state index in [1.165, 1.54) is 0 Å². The minimum absolute atomic E-state index is 0.231. The summed E-state index contributed by atoms with van der Waals surface area (Å²) in [6, 6.07) is 0. The second-order valence-electron chi connectivity index (χ2n) is 2.91. The highest BCUT2D eigenvalue weighted by Gasteiger charge is 2.29. The molecule has 0 bridgehead atoms. The van der Waals surface area contributed by atoms with Crippen LogP contribution in [0.3, 0.4) is 0 Å². The maximum absolute atomic E-state index is 11.1. The van der Waals surface area contributed by atoms with Crippen molar-refractivity contribution in [2.45, 2.75) is 26.2 Å². The molecule has 0 aromatic carbocycles. The van der Waals surface area contributed by atoms with E-state index in [0.717, 1.165) is 7.11 Å². The Labute approximate surface area is 82.1 Å². The van der Waals surface area contributed by atoms with Gasteiger partial charge in [-0.15, -0.1) is 0 Å². The Morgan fingerprint density at radius 2 is 1.93 bits per heavy atom. The number of carbonyl (C=O) groups is 3. The minimum Gasteiger partial charge on any atom is -0.481 e. The van der Waals surface area contributed by atoms with Crippen LogP contribution < -0.4 is 0 Å². The third kappa shape index (κ3) is 4.02. The number of Topliss-reactive ketones (excluding diaryl/α,β-unsaturated/α-hetero) is 1. The van der Waals surface area contributed by atoms with Crippen molar-refractivity contribution in [2.75, 3.05) is 7.11 Å². The van der Waals surface area contributed by atoms with Gasteiger partial charge in [-0.05, 0) is 6.42 Å². The molecule has 0 aliphatic rings. The lowest BCUT2D eigenvalue weighted by molar-refractivity contribution is -0.158. The van der Waals surface area contributed by atoms with Crippen molar-refractivity contribution >= 4 is 17.7 Å². The van der Waals surface area contributed by atoms with E-state index in [0.29, 0.717) is 12.8 Å². The lowest BCUT2D eigenvalue weighted by Gasteiger charge is -2.08.